The van der Waals surface area contributed by atoms with Gasteiger partial charge < -0.3 is 14.8 Å². The van der Waals surface area contributed by atoms with Crippen LogP contribution >= 0.6 is 0 Å². The number of ether oxygens (including phenoxy) is 2. The fourth-order valence-corrected chi connectivity index (χ4v) is 2.47. The number of carbonyl (C=O) groups is 2. The minimum Gasteiger partial charge on any atom is -0.493 e. The number of rotatable bonds is 8. The second-order valence-electron chi connectivity index (χ2n) is 5.74. The van der Waals surface area contributed by atoms with Gasteiger partial charge in [-0.25, -0.2) is 0 Å². The zero-order chi connectivity index (χ0) is 18.2. The molecule has 0 spiro atoms. The first-order chi connectivity index (χ1) is 12.0. The van der Waals surface area contributed by atoms with Gasteiger partial charge in [0.2, 0.25) is 0 Å². The van der Waals surface area contributed by atoms with Gasteiger partial charge in [0, 0.05) is 0 Å². The second kappa shape index (κ2) is 8.87. The van der Waals surface area contributed by atoms with E-state index in [1.807, 2.05) is 39.0 Å². The van der Waals surface area contributed by atoms with E-state index in [1.54, 1.807) is 24.3 Å². The van der Waals surface area contributed by atoms with Gasteiger partial charge in [0.15, 0.2) is 12.4 Å². The molecule has 2 aromatic carbocycles. The summed E-state index contributed by atoms with van der Waals surface area (Å²) in [6.45, 7) is 6.03. The van der Waals surface area contributed by atoms with Gasteiger partial charge in [-0.15, -0.1) is 0 Å². The maximum atomic E-state index is 12.3. The standard InChI is InChI=1S/C20H23NO4/c1-4-24-19-8-6-5-7-17(19)18(22)12-21-20(23)13-25-16-10-14(2)9-15(3)11-16/h5-11H,4,12-13H2,1-3H3,(H,21,23). The highest BCUT2D eigenvalue weighted by molar-refractivity contribution is 6.01. The molecule has 132 valence electrons. The fourth-order valence-electron chi connectivity index (χ4n) is 2.47. The van der Waals surface area contributed by atoms with Crippen molar-refractivity contribution in [1.82, 2.24) is 5.32 Å². The molecule has 1 amide bonds. The third-order valence-corrected chi connectivity index (χ3v) is 3.50. The van der Waals surface area contributed by atoms with E-state index in [0.717, 1.165) is 11.1 Å². The molecule has 0 saturated carbocycles. The van der Waals surface area contributed by atoms with Crippen molar-refractivity contribution in [3.8, 4) is 11.5 Å². The summed E-state index contributed by atoms with van der Waals surface area (Å²) < 4.78 is 10.9. The number of Topliss-reactive ketones (excluding diaryl/α,β-unsaturated/α-hetero) is 1. The Kier molecular flexibility index (Phi) is 6.57. The second-order valence-corrected chi connectivity index (χ2v) is 5.74. The predicted octanol–water partition coefficient (Wildman–Crippen LogP) is 3.08. The van der Waals surface area contributed by atoms with Crippen molar-refractivity contribution in [3.05, 3.63) is 59.2 Å². The molecule has 0 aliphatic carbocycles. The summed E-state index contributed by atoms with van der Waals surface area (Å²) in [6, 6.07) is 12.8. The molecule has 25 heavy (non-hydrogen) atoms. The van der Waals surface area contributed by atoms with Crippen LogP contribution in [0.4, 0.5) is 0 Å². The maximum absolute atomic E-state index is 12.3. The van der Waals surface area contributed by atoms with Crippen LogP contribution in [0.2, 0.25) is 0 Å². The summed E-state index contributed by atoms with van der Waals surface area (Å²) in [5.41, 5.74) is 2.59. The minimum atomic E-state index is -0.346. The Bertz CT molecular complexity index is 735. The van der Waals surface area contributed by atoms with E-state index in [2.05, 4.69) is 5.32 Å². The topological polar surface area (TPSA) is 64.6 Å². The first-order valence-corrected chi connectivity index (χ1v) is 8.22. The number of carbonyl (C=O) groups excluding carboxylic acids is 2. The summed E-state index contributed by atoms with van der Waals surface area (Å²) in [4.78, 5) is 24.2. The van der Waals surface area contributed by atoms with Crippen LogP contribution in [0.3, 0.4) is 0 Å². The molecule has 1 N–H and O–H groups in total. The van der Waals surface area contributed by atoms with E-state index in [9.17, 15) is 9.59 Å². The highest BCUT2D eigenvalue weighted by atomic mass is 16.5. The van der Waals surface area contributed by atoms with Crippen LogP contribution in [0.15, 0.2) is 42.5 Å². The smallest absolute Gasteiger partial charge is 0.258 e. The highest BCUT2D eigenvalue weighted by Gasteiger charge is 2.13. The summed E-state index contributed by atoms with van der Waals surface area (Å²) in [5, 5.41) is 2.58. The SMILES string of the molecule is CCOc1ccccc1C(=O)CNC(=O)COc1cc(C)cc(C)c1. The first kappa shape index (κ1) is 18.5. The zero-order valence-corrected chi connectivity index (χ0v) is 14.8. The molecule has 5 heteroatoms. The lowest BCUT2D eigenvalue weighted by atomic mass is 10.1. The lowest BCUT2D eigenvalue weighted by Gasteiger charge is -2.11. The largest absolute Gasteiger partial charge is 0.493 e. The van der Waals surface area contributed by atoms with Crippen LogP contribution in [-0.2, 0) is 4.79 Å². The van der Waals surface area contributed by atoms with Crippen molar-refractivity contribution in [2.45, 2.75) is 20.8 Å². The van der Waals surface area contributed by atoms with Crippen molar-refractivity contribution in [3.63, 3.8) is 0 Å². The van der Waals surface area contributed by atoms with Crippen LogP contribution in [0.1, 0.15) is 28.4 Å². The van der Waals surface area contributed by atoms with E-state index in [0.29, 0.717) is 23.7 Å². The number of aryl methyl sites for hydroxylation is 2. The van der Waals surface area contributed by atoms with Gasteiger partial charge in [0.1, 0.15) is 11.5 Å². The number of para-hydroxylation sites is 1. The molecule has 0 saturated heterocycles. The van der Waals surface area contributed by atoms with E-state index in [1.165, 1.54) is 0 Å². The van der Waals surface area contributed by atoms with Crippen LogP contribution in [0.25, 0.3) is 0 Å². The monoisotopic (exact) mass is 341 g/mol. The van der Waals surface area contributed by atoms with Gasteiger partial charge in [0.25, 0.3) is 5.91 Å². The van der Waals surface area contributed by atoms with Gasteiger partial charge in [-0.05, 0) is 56.2 Å². The molecule has 2 aromatic rings. The molecule has 0 fully saturated rings. The number of hydrogen-bond acceptors (Lipinski definition) is 4. The summed E-state index contributed by atoms with van der Waals surface area (Å²) in [5.74, 6) is 0.613. The van der Waals surface area contributed by atoms with E-state index >= 15 is 0 Å². The van der Waals surface area contributed by atoms with Crippen molar-refractivity contribution in [1.29, 1.82) is 0 Å². The molecule has 0 radical (unpaired) electrons. The van der Waals surface area contributed by atoms with Crippen LogP contribution < -0.4 is 14.8 Å². The Morgan fingerprint density at radius 2 is 1.68 bits per heavy atom. The lowest BCUT2D eigenvalue weighted by molar-refractivity contribution is -0.122. The van der Waals surface area contributed by atoms with Crippen molar-refractivity contribution in [2.75, 3.05) is 19.8 Å². The average Bonchev–Trinajstić information content (AvgIpc) is 2.58. The fraction of sp³-hybridized carbons (Fsp3) is 0.300. The summed E-state index contributed by atoms with van der Waals surface area (Å²) in [7, 11) is 0. The molecule has 0 bridgehead atoms. The summed E-state index contributed by atoms with van der Waals surface area (Å²) >= 11 is 0. The Morgan fingerprint density at radius 1 is 1.00 bits per heavy atom. The number of ketones is 1. The zero-order valence-electron chi connectivity index (χ0n) is 14.8. The minimum absolute atomic E-state index is 0.0981. The van der Waals surface area contributed by atoms with Gasteiger partial charge >= 0.3 is 0 Å². The van der Waals surface area contributed by atoms with Crippen LogP contribution in [0.5, 0.6) is 11.5 Å². The van der Waals surface area contributed by atoms with E-state index in [-0.39, 0.29) is 24.8 Å². The quantitative estimate of drug-likeness (QED) is 0.750. The molecule has 0 heterocycles. The normalized spacial score (nSPS) is 10.2. The molecule has 0 aliphatic rings. The Balaban J connectivity index is 1.86. The molecular formula is C20H23NO4. The highest BCUT2D eigenvalue weighted by Crippen LogP contribution is 2.18. The maximum Gasteiger partial charge on any atom is 0.258 e. The molecule has 5 nitrogen and oxygen atoms in total. The molecule has 0 aromatic heterocycles. The Morgan fingerprint density at radius 3 is 2.36 bits per heavy atom. The van der Waals surface area contributed by atoms with E-state index < -0.39 is 0 Å². The lowest BCUT2D eigenvalue weighted by Crippen LogP contribution is -2.33. The van der Waals surface area contributed by atoms with Gasteiger partial charge in [0.05, 0.1) is 18.7 Å². The van der Waals surface area contributed by atoms with Gasteiger partial charge in [-0.1, -0.05) is 18.2 Å². The summed E-state index contributed by atoms with van der Waals surface area (Å²) in [6.07, 6.45) is 0. The number of hydrogen-bond donors (Lipinski definition) is 1. The molecule has 0 aliphatic heterocycles. The third-order valence-electron chi connectivity index (χ3n) is 3.50. The number of nitrogens with one attached hydrogen (secondary N) is 1. The molecular weight excluding hydrogens is 318 g/mol. The first-order valence-electron chi connectivity index (χ1n) is 8.22. The van der Waals surface area contributed by atoms with E-state index in [4.69, 9.17) is 9.47 Å². The van der Waals surface area contributed by atoms with Crippen LogP contribution in [0, 0.1) is 13.8 Å². The van der Waals surface area contributed by atoms with Gasteiger partial charge in [-0.3, -0.25) is 9.59 Å². The third kappa shape index (κ3) is 5.64. The number of benzene rings is 2. The van der Waals surface area contributed by atoms with Crippen molar-refractivity contribution >= 4 is 11.7 Å². The van der Waals surface area contributed by atoms with Gasteiger partial charge in [-0.2, -0.15) is 0 Å². The Hall–Kier alpha value is -2.82. The predicted molar refractivity (Wildman–Crippen MR) is 96.4 cm³/mol. The van der Waals surface area contributed by atoms with Crippen molar-refractivity contribution < 1.29 is 19.1 Å². The number of amides is 1. The Labute approximate surface area is 148 Å². The molecule has 0 unspecified atom stereocenters. The average molecular weight is 341 g/mol. The van der Waals surface area contributed by atoms with Crippen LogP contribution in [-0.4, -0.2) is 31.4 Å². The molecule has 0 atom stereocenters. The van der Waals surface area contributed by atoms with Crippen molar-refractivity contribution in [2.24, 2.45) is 0 Å². The molecule has 2 rings (SSSR count).